The van der Waals surface area contributed by atoms with Crippen molar-refractivity contribution in [2.24, 2.45) is 0 Å². The molecule has 2 rings (SSSR count). The molecular formula is C11H7NO7. The van der Waals surface area contributed by atoms with Crippen LogP contribution in [0.1, 0.15) is 10.4 Å². The van der Waals surface area contributed by atoms with Crippen LogP contribution in [0, 0.1) is 10.1 Å². The number of rotatable bonds is 3. The zero-order valence-corrected chi connectivity index (χ0v) is 9.58. The Morgan fingerprint density at radius 2 is 2.16 bits per heavy atom. The summed E-state index contributed by atoms with van der Waals surface area (Å²) in [6, 6.07) is 3.32. The van der Waals surface area contributed by atoms with Gasteiger partial charge in [0.25, 0.3) is 5.69 Å². The van der Waals surface area contributed by atoms with Gasteiger partial charge in [0.15, 0.2) is 11.3 Å². The second-order valence-electron chi connectivity index (χ2n) is 3.54. The van der Waals surface area contributed by atoms with E-state index >= 15 is 0 Å². The second-order valence-corrected chi connectivity index (χ2v) is 3.54. The predicted octanol–water partition coefficient (Wildman–Crippen LogP) is 1.41. The van der Waals surface area contributed by atoms with Gasteiger partial charge in [0.2, 0.25) is 0 Å². The van der Waals surface area contributed by atoms with Crippen molar-refractivity contribution in [3.63, 3.8) is 0 Å². The molecule has 8 nitrogen and oxygen atoms in total. The summed E-state index contributed by atoms with van der Waals surface area (Å²) in [4.78, 5) is 32.5. The minimum absolute atomic E-state index is 0.106. The summed E-state index contributed by atoms with van der Waals surface area (Å²) in [5.41, 5.74) is -2.31. The molecule has 0 saturated heterocycles. The molecule has 0 bridgehead atoms. The first kappa shape index (κ1) is 12.6. The maximum absolute atomic E-state index is 11.5. The van der Waals surface area contributed by atoms with Gasteiger partial charge in [-0.05, 0) is 12.1 Å². The minimum atomic E-state index is -1.52. The number of benzene rings is 1. The average Bonchev–Trinajstić information content (AvgIpc) is 2.35. The lowest BCUT2D eigenvalue weighted by Crippen LogP contribution is -2.13. The minimum Gasteiger partial charge on any atom is -0.493 e. The molecule has 98 valence electrons. The monoisotopic (exact) mass is 265 g/mol. The van der Waals surface area contributed by atoms with Crippen LogP contribution in [0.5, 0.6) is 5.75 Å². The first-order valence-corrected chi connectivity index (χ1v) is 4.98. The van der Waals surface area contributed by atoms with Gasteiger partial charge in [-0.3, -0.25) is 10.1 Å². The first-order chi connectivity index (χ1) is 8.95. The van der Waals surface area contributed by atoms with Crippen molar-refractivity contribution >= 4 is 22.6 Å². The number of nitro benzene ring substituents is 1. The third-order valence-electron chi connectivity index (χ3n) is 2.49. The van der Waals surface area contributed by atoms with E-state index in [9.17, 15) is 19.7 Å². The molecule has 0 aliphatic rings. The van der Waals surface area contributed by atoms with Gasteiger partial charge in [0, 0.05) is 6.07 Å². The van der Waals surface area contributed by atoms with Crippen molar-refractivity contribution in [1.82, 2.24) is 0 Å². The largest absolute Gasteiger partial charge is 0.493 e. The van der Waals surface area contributed by atoms with Gasteiger partial charge in [-0.1, -0.05) is 0 Å². The Bertz CT molecular complexity index is 747. The summed E-state index contributed by atoms with van der Waals surface area (Å²) in [5, 5.41) is 19.6. The first-order valence-electron chi connectivity index (χ1n) is 4.98. The molecule has 0 aliphatic heterocycles. The third-order valence-corrected chi connectivity index (χ3v) is 2.49. The van der Waals surface area contributed by atoms with Crippen LogP contribution < -0.4 is 10.4 Å². The van der Waals surface area contributed by atoms with Gasteiger partial charge in [-0.25, -0.2) is 9.59 Å². The van der Waals surface area contributed by atoms with E-state index in [1.165, 1.54) is 13.2 Å². The molecule has 0 amide bonds. The van der Waals surface area contributed by atoms with Gasteiger partial charge in [-0.2, -0.15) is 0 Å². The summed E-state index contributed by atoms with van der Waals surface area (Å²) < 4.78 is 9.72. The molecule has 19 heavy (non-hydrogen) atoms. The van der Waals surface area contributed by atoms with E-state index in [4.69, 9.17) is 14.3 Å². The van der Waals surface area contributed by atoms with E-state index in [1.54, 1.807) is 0 Å². The number of ether oxygens (including phenoxy) is 1. The molecule has 1 aromatic carbocycles. The number of aromatic carboxylic acids is 1. The molecule has 0 aliphatic carbocycles. The molecule has 0 atom stereocenters. The molecule has 0 saturated carbocycles. The summed E-state index contributed by atoms with van der Waals surface area (Å²) in [5.74, 6) is -1.41. The van der Waals surface area contributed by atoms with Gasteiger partial charge in [-0.15, -0.1) is 0 Å². The van der Waals surface area contributed by atoms with E-state index < -0.39 is 22.1 Å². The van der Waals surface area contributed by atoms with Crippen LogP contribution in [0.2, 0.25) is 0 Å². The lowest BCUT2D eigenvalue weighted by Gasteiger charge is -2.04. The van der Waals surface area contributed by atoms with Crippen molar-refractivity contribution in [2.75, 3.05) is 7.11 Å². The Hall–Kier alpha value is -2.90. The van der Waals surface area contributed by atoms with Crippen molar-refractivity contribution in [3.05, 3.63) is 44.3 Å². The van der Waals surface area contributed by atoms with Crippen LogP contribution in [0.4, 0.5) is 5.69 Å². The fourth-order valence-corrected chi connectivity index (χ4v) is 1.63. The van der Waals surface area contributed by atoms with E-state index in [0.717, 1.165) is 12.1 Å². The topological polar surface area (TPSA) is 120 Å². The number of carbonyl (C=O) groups is 1. The molecule has 0 fully saturated rings. The fourth-order valence-electron chi connectivity index (χ4n) is 1.63. The van der Waals surface area contributed by atoms with Crippen molar-refractivity contribution in [2.45, 2.75) is 0 Å². The summed E-state index contributed by atoms with van der Waals surface area (Å²) in [7, 11) is 1.30. The van der Waals surface area contributed by atoms with Crippen LogP contribution in [-0.2, 0) is 0 Å². The summed E-state index contributed by atoms with van der Waals surface area (Å²) in [6.45, 7) is 0. The Balaban J connectivity index is 2.96. The maximum Gasteiger partial charge on any atom is 0.351 e. The van der Waals surface area contributed by atoms with E-state index in [0.29, 0.717) is 0 Å². The molecule has 8 heteroatoms. The zero-order valence-electron chi connectivity index (χ0n) is 9.58. The number of hydrogen-bond donors (Lipinski definition) is 1. The lowest BCUT2D eigenvalue weighted by molar-refractivity contribution is -0.383. The van der Waals surface area contributed by atoms with E-state index in [-0.39, 0.29) is 22.4 Å². The Labute approximate surface area is 105 Å². The molecule has 0 spiro atoms. The Morgan fingerprint density at radius 3 is 2.68 bits per heavy atom. The Kier molecular flexibility index (Phi) is 2.91. The molecule has 1 heterocycles. The van der Waals surface area contributed by atoms with Crippen molar-refractivity contribution < 1.29 is 24.0 Å². The number of carboxylic acids is 1. The summed E-state index contributed by atoms with van der Waals surface area (Å²) >= 11 is 0. The average molecular weight is 265 g/mol. The number of non-ortho nitro benzene ring substituents is 1. The van der Waals surface area contributed by atoms with Crippen molar-refractivity contribution in [1.29, 1.82) is 0 Å². The van der Waals surface area contributed by atoms with E-state index in [1.807, 2.05) is 0 Å². The highest BCUT2D eigenvalue weighted by molar-refractivity contribution is 5.96. The molecule has 1 aromatic heterocycles. The molecule has 0 unspecified atom stereocenters. The van der Waals surface area contributed by atoms with Crippen LogP contribution in [0.3, 0.4) is 0 Å². The van der Waals surface area contributed by atoms with Crippen LogP contribution in [0.15, 0.2) is 27.4 Å². The van der Waals surface area contributed by atoms with Gasteiger partial charge in [0.1, 0.15) is 10.9 Å². The van der Waals surface area contributed by atoms with Gasteiger partial charge >= 0.3 is 11.6 Å². The maximum atomic E-state index is 11.5. The van der Waals surface area contributed by atoms with Crippen LogP contribution in [0.25, 0.3) is 11.0 Å². The number of fused-ring (bicyclic) bond motifs is 1. The molecular weight excluding hydrogens is 258 g/mol. The lowest BCUT2D eigenvalue weighted by atomic mass is 10.1. The number of nitro groups is 1. The van der Waals surface area contributed by atoms with Crippen LogP contribution >= 0.6 is 0 Å². The third kappa shape index (κ3) is 1.99. The quantitative estimate of drug-likeness (QED) is 0.506. The van der Waals surface area contributed by atoms with E-state index in [2.05, 4.69) is 0 Å². The van der Waals surface area contributed by atoms with Gasteiger partial charge in [0.05, 0.1) is 12.0 Å². The predicted molar refractivity (Wildman–Crippen MR) is 62.6 cm³/mol. The smallest absolute Gasteiger partial charge is 0.351 e. The normalized spacial score (nSPS) is 10.4. The number of hydrogen-bond acceptors (Lipinski definition) is 6. The Morgan fingerprint density at radius 1 is 1.47 bits per heavy atom. The SMILES string of the molecule is COc1ccc([N+](=O)[O-])c2cc(C(=O)O)c(=O)oc12. The summed E-state index contributed by atoms with van der Waals surface area (Å²) in [6.07, 6.45) is 0. The highest BCUT2D eigenvalue weighted by Gasteiger charge is 2.21. The highest BCUT2D eigenvalue weighted by atomic mass is 16.6. The van der Waals surface area contributed by atoms with Crippen molar-refractivity contribution in [3.8, 4) is 5.75 Å². The number of methoxy groups -OCH3 is 1. The molecule has 2 aromatic rings. The van der Waals surface area contributed by atoms with Crippen LogP contribution in [-0.4, -0.2) is 23.1 Å². The number of carboxylic acid groups (broad SMARTS) is 1. The standard InChI is InChI=1S/C11H7NO7/c1-18-8-3-2-7(12(16)17)5-4-6(10(13)14)11(15)19-9(5)8/h2-4H,1H3,(H,13,14). The molecule has 0 radical (unpaired) electrons. The zero-order chi connectivity index (χ0) is 14.2. The highest BCUT2D eigenvalue weighted by Crippen LogP contribution is 2.32. The fraction of sp³-hybridized carbons (Fsp3) is 0.0909. The second kappa shape index (κ2) is 4.41. The number of nitrogens with zero attached hydrogens (tertiary/aromatic N) is 1. The molecule has 1 N–H and O–H groups in total. The van der Waals surface area contributed by atoms with Gasteiger partial charge < -0.3 is 14.3 Å².